The predicted octanol–water partition coefficient (Wildman–Crippen LogP) is 6.59. The average Bonchev–Trinajstić information content (AvgIpc) is 3.23. The summed E-state index contributed by atoms with van der Waals surface area (Å²) in [5, 5.41) is 4.36. The molecule has 0 saturated carbocycles. The number of hydrogen-bond acceptors (Lipinski definition) is 5. The number of nitrogens with zero attached hydrogens (tertiary/aromatic N) is 2. The Hall–Kier alpha value is -4.03. The molecule has 0 saturated heterocycles. The summed E-state index contributed by atoms with van der Waals surface area (Å²) in [6.07, 6.45) is 0. The second kappa shape index (κ2) is 8.84. The van der Waals surface area contributed by atoms with Gasteiger partial charge in [-0.05, 0) is 31.2 Å². The molecule has 2 aromatic heterocycles. The van der Waals surface area contributed by atoms with Gasteiger partial charge in [0, 0.05) is 21.4 Å². The maximum Gasteiger partial charge on any atom is 0.258 e. The summed E-state index contributed by atoms with van der Waals surface area (Å²) >= 11 is 1.47. The van der Waals surface area contributed by atoms with Gasteiger partial charge < -0.3 is 4.74 Å². The summed E-state index contributed by atoms with van der Waals surface area (Å²) in [5.74, 6) is 0.520. The third kappa shape index (κ3) is 4.21. The summed E-state index contributed by atoms with van der Waals surface area (Å²) < 4.78 is 5.36. The van der Waals surface area contributed by atoms with Crippen LogP contribution >= 0.6 is 11.3 Å². The molecule has 1 N–H and O–H groups in total. The van der Waals surface area contributed by atoms with Crippen LogP contribution in [0.1, 0.15) is 15.2 Å². The number of ether oxygens (including phenoxy) is 1. The molecule has 2 heterocycles. The van der Waals surface area contributed by atoms with Crippen LogP contribution in [0.4, 0.5) is 5.13 Å². The molecule has 0 aliphatic rings. The number of rotatable bonds is 5. The predicted molar refractivity (Wildman–Crippen MR) is 134 cm³/mol. The molecule has 3 aromatic carbocycles. The Kier molecular flexibility index (Phi) is 5.59. The number of thiazole rings is 1. The molecule has 0 aliphatic heterocycles. The second-order valence-corrected chi connectivity index (χ2v) is 8.75. The standard InChI is InChI=1S/C27H21N3O2S/c1-17-25(18-9-4-3-5-10-18)29-27(33-17)30-26(31)22-16-24(19-11-8-12-20(15-19)32-2)28-23-14-7-6-13-21(22)23/h3-16H,1-2H3,(H,29,30,31). The highest BCUT2D eigenvalue weighted by Crippen LogP contribution is 2.32. The number of para-hydroxylation sites is 1. The number of methoxy groups -OCH3 is 1. The Labute approximate surface area is 195 Å². The number of aromatic nitrogens is 2. The van der Waals surface area contributed by atoms with E-state index in [0.29, 0.717) is 16.4 Å². The van der Waals surface area contributed by atoms with Crippen molar-refractivity contribution in [1.82, 2.24) is 9.97 Å². The van der Waals surface area contributed by atoms with E-state index in [1.165, 1.54) is 11.3 Å². The second-order valence-electron chi connectivity index (χ2n) is 7.55. The van der Waals surface area contributed by atoms with Crippen molar-refractivity contribution in [2.75, 3.05) is 12.4 Å². The largest absolute Gasteiger partial charge is 0.497 e. The highest BCUT2D eigenvalue weighted by atomic mass is 32.1. The number of carbonyl (C=O) groups excluding carboxylic acids is 1. The maximum atomic E-state index is 13.4. The molecule has 33 heavy (non-hydrogen) atoms. The van der Waals surface area contributed by atoms with Crippen LogP contribution in [-0.2, 0) is 0 Å². The van der Waals surface area contributed by atoms with Gasteiger partial charge in [-0.2, -0.15) is 0 Å². The van der Waals surface area contributed by atoms with Crippen molar-refractivity contribution in [3.8, 4) is 28.3 Å². The number of anilines is 1. The molecule has 1 amide bonds. The first-order chi connectivity index (χ1) is 16.1. The van der Waals surface area contributed by atoms with Crippen molar-refractivity contribution in [1.29, 1.82) is 0 Å². The van der Waals surface area contributed by atoms with Gasteiger partial charge in [0.25, 0.3) is 5.91 Å². The zero-order valence-corrected chi connectivity index (χ0v) is 19.0. The molecule has 0 radical (unpaired) electrons. The highest BCUT2D eigenvalue weighted by Gasteiger charge is 2.17. The Balaban J connectivity index is 1.53. The molecular weight excluding hydrogens is 430 g/mol. The van der Waals surface area contributed by atoms with Crippen LogP contribution in [0.2, 0.25) is 0 Å². The number of aryl methyl sites for hydroxylation is 1. The normalized spacial score (nSPS) is 10.8. The van der Waals surface area contributed by atoms with E-state index in [2.05, 4.69) is 10.3 Å². The Bertz CT molecular complexity index is 1460. The fourth-order valence-electron chi connectivity index (χ4n) is 3.77. The summed E-state index contributed by atoms with van der Waals surface area (Å²) in [6.45, 7) is 2.01. The minimum atomic E-state index is -0.217. The van der Waals surface area contributed by atoms with Crippen molar-refractivity contribution in [3.63, 3.8) is 0 Å². The van der Waals surface area contributed by atoms with Crippen LogP contribution in [0, 0.1) is 6.92 Å². The van der Waals surface area contributed by atoms with Crippen molar-refractivity contribution >= 4 is 33.3 Å². The summed E-state index contributed by atoms with van der Waals surface area (Å²) in [6, 6.07) is 27.1. The van der Waals surface area contributed by atoms with E-state index in [1.54, 1.807) is 7.11 Å². The molecule has 0 fully saturated rings. The number of carbonyl (C=O) groups is 1. The quantitative estimate of drug-likeness (QED) is 0.327. The van der Waals surface area contributed by atoms with Gasteiger partial charge in [-0.1, -0.05) is 60.7 Å². The van der Waals surface area contributed by atoms with E-state index in [-0.39, 0.29) is 5.91 Å². The van der Waals surface area contributed by atoms with Crippen LogP contribution in [0.15, 0.2) is 84.9 Å². The van der Waals surface area contributed by atoms with E-state index >= 15 is 0 Å². The lowest BCUT2D eigenvalue weighted by atomic mass is 10.0. The van der Waals surface area contributed by atoms with Gasteiger partial charge in [-0.25, -0.2) is 9.97 Å². The lowest BCUT2D eigenvalue weighted by molar-refractivity contribution is 0.102. The fraction of sp³-hybridized carbons (Fsp3) is 0.0741. The van der Waals surface area contributed by atoms with E-state index in [1.807, 2.05) is 91.9 Å². The minimum absolute atomic E-state index is 0.217. The minimum Gasteiger partial charge on any atom is -0.497 e. The lowest BCUT2D eigenvalue weighted by Crippen LogP contribution is -2.13. The molecule has 6 heteroatoms. The van der Waals surface area contributed by atoms with E-state index < -0.39 is 0 Å². The number of benzene rings is 3. The monoisotopic (exact) mass is 451 g/mol. The maximum absolute atomic E-state index is 13.4. The zero-order chi connectivity index (χ0) is 22.8. The van der Waals surface area contributed by atoms with Gasteiger partial charge >= 0.3 is 0 Å². The molecule has 0 atom stereocenters. The van der Waals surface area contributed by atoms with Gasteiger partial charge in [0.1, 0.15) is 5.75 Å². The lowest BCUT2D eigenvalue weighted by Gasteiger charge is -2.10. The zero-order valence-electron chi connectivity index (χ0n) is 18.2. The first-order valence-electron chi connectivity index (χ1n) is 10.5. The molecule has 162 valence electrons. The van der Waals surface area contributed by atoms with Crippen LogP contribution in [-0.4, -0.2) is 23.0 Å². The Morgan fingerprint density at radius 3 is 2.45 bits per heavy atom. The summed E-state index contributed by atoms with van der Waals surface area (Å²) in [4.78, 5) is 23.9. The number of nitrogens with one attached hydrogen (secondary N) is 1. The number of hydrogen-bond donors (Lipinski definition) is 1. The molecule has 0 spiro atoms. The number of fused-ring (bicyclic) bond motifs is 1. The van der Waals surface area contributed by atoms with Crippen molar-refractivity contribution in [2.45, 2.75) is 6.92 Å². The van der Waals surface area contributed by atoms with Crippen molar-refractivity contribution in [3.05, 3.63) is 95.4 Å². The molecule has 5 aromatic rings. The van der Waals surface area contributed by atoms with Crippen LogP contribution < -0.4 is 10.1 Å². The Morgan fingerprint density at radius 1 is 0.879 bits per heavy atom. The SMILES string of the molecule is COc1cccc(-c2cc(C(=O)Nc3nc(-c4ccccc4)c(C)s3)c3ccccc3n2)c1. The molecule has 0 bridgehead atoms. The average molecular weight is 452 g/mol. The van der Waals surface area contributed by atoms with Gasteiger partial charge in [0.05, 0.1) is 29.6 Å². The highest BCUT2D eigenvalue weighted by molar-refractivity contribution is 7.16. The first kappa shape index (κ1) is 20.8. The number of pyridine rings is 1. The van der Waals surface area contributed by atoms with Crippen LogP contribution in [0.3, 0.4) is 0 Å². The molecular formula is C27H21N3O2S. The van der Waals surface area contributed by atoms with E-state index in [0.717, 1.165) is 38.4 Å². The van der Waals surface area contributed by atoms with E-state index in [9.17, 15) is 4.79 Å². The van der Waals surface area contributed by atoms with Gasteiger partial charge in [0.15, 0.2) is 5.13 Å². The number of amides is 1. The molecule has 5 nitrogen and oxygen atoms in total. The van der Waals surface area contributed by atoms with E-state index in [4.69, 9.17) is 9.72 Å². The van der Waals surface area contributed by atoms with Crippen molar-refractivity contribution in [2.24, 2.45) is 0 Å². The van der Waals surface area contributed by atoms with Gasteiger partial charge in [0.2, 0.25) is 0 Å². The van der Waals surface area contributed by atoms with Crippen molar-refractivity contribution < 1.29 is 9.53 Å². The fourth-order valence-corrected chi connectivity index (χ4v) is 4.60. The molecule has 0 aliphatic carbocycles. The van der Waals surface area contributed by atoms with Crippen LogP contribution in [0.25, 0.3) is 33.4 Å². The summed E-state index contributed by atoms with van der Waals surface area (Å²) in [7, 11) is 1.63. The molecule has 0 unspecified atom stereocenters. The summed E-state index contributed by atoms with van der Waals surface area (Å²) in [5.41, 5.74) is 4.80. The topological polar surface area (TPSA) is 64.1 Å². The van der Waals surface area contributed by atoms with Gasteiger partial charge in [-0.3, -0.25) is 10.1 Å². The Morgan fingerprint density at radius 2 is 1.64 bits per heavy atom. The molecule has 5 rings (SSSR count). The van der Waals surface area contributed by atoms with Crippen LogP contribution in [0.5, 0.6) is 5.75 Å². The van der Waals surface area contributed by atoms with Gasteiger partial charge in [-0.15, -0.1) is 11.3 Å². The third-order valence-corrected chi connectivity index (χ3v) is 6.28. The first-order valence-corrected chi connectivity index (χ1v) is 11.3. The smallest absolute Gasteiger partial charge is 0.258 e. The third-order valence-electron chi connectivity index (χ3n) is 5.39.